The largest absolute Gasteiger partial charge is 0.381 e. The fraction of sp³-hybridized carbons (Fsp3) is 1.00. The predicted molar refractivity (Wildman–Crippen MR) is 69.2 cm³/mol. The Balaban J connectivity index is 2.09. The van der Waals surface area contributed by atoms with Crippen molar-refractivity contribution in [3.63, 3.8) is 0 Å². The van der Waals surface area contributed by atoms with Crippen LogP contribution in [0.2, 0.25) is 0 Å². The van der Waals surface area contributed by atoms with Gasteiger partial charge in [-0.1, -0.05) is 13.8 Å². The number of rotatable bonds is 2. The molecule has 3 atom stereocenters. The van der Waals surface area contributed by atoms with Crippen LogP contribution in [0.25, 0.3) is 0 Å². The van der Waals surface area contributed by atoms with Crippen LogP contribution in [0.5, 0.6) is 0 Å². The summed E-state index contributed by atoms with van der Waals surface area (Å²) in [4.78, 5) is 0. The van der Waals surface area contributed by atoms with Crippen molar-refractivity contribution in [1.82, 2.24) is 5.32 Å². The van der Waals surface area contributed by atoms with Crippen molar-refractivity contribution in [3.8, 4) is 0 Å². The normalized spacial score (nSPS) is 43.2. The summed E-state index contributed by atoms with van der Waals surface area (Å²) in [5, 5.41) is 3.58. The number of morpholine rings is 1. The van der Waals surface area contributed by atoms with Crippen LogP contribution in [0.4, 0.5) is 0 Å². The Morgan fingerprint density at radius 2 is 2.12 bits per heavy atom. The van der Waals surface area contributed by atoms with Crippen molar-refractivity contribution in [3.05, 3.63) is 0 Å². The lowest BCUT2D eigenvalue weighted by atomic mass is 9.79. The van der Waals surface area contributed by atoms with Crippen LogP contribution in [0.3, 0.4) is 0 Å². The zero-order valence-electron chi connectivity index (χ0n) is 11.7. The molecule has 17 heavy (non-hydrogen) atoms. The average Bonchev–Trinajstić information content (AvgIpc) is 2.28. The van der Waals surface area contributed by atoms with Gasteiger partial charge in [0.25, 0.3) is 0 Å². The molecule has 0 bridgehead atoms. The number of hydrogen-bond donors (Lipinski definition) is 1. The highest BCUT2D eigenvalue weighted by atomic mass is 16.5. The molecular weight excluding hydrogens is 214 g/mol. The molecule has 1 aliphatic carbocycles. The molecule has 1 N–H and O–H groups in total. The SMILES string of the molecule is COC1CCCC2(CNCC(C)(C(C)C)O2)C1. The Bertz CT molecular complexity index is 265. The van der Waals surface area contributed by atoms with E-state index < -0.39 is 0 Å². The van der Waals surface area contributed by atoms with Crippen LogP contribution < -0.4 is 5.32 Å². The molecule has 0 aromatic carbocycles. The highest BCUT2D eigenvalue weighted by Gasteiger charge is 2.46. The smallest absolute Gasteiger partial charge is 0.0839 e. The first-order valence-corrected chi connectivity index (χ1v) is 6.93. The molecular formula is C14H27NO2. The Morgan fingerprint density at radius 3 is 2.76 bits per heavy atom. The van der Waals surface area contributed by atoms with Gasteiger partial charge in [0, 0.05) is 26.6 Å². The molecule has 0 aromatic rings. The Hall–Kier alpha value is -0.120. The van der Waals surface area contributed by atoms with Gasteiger partial charge in [-0.15, -0.1) is 0 Å². The maximum atomic E-state index is 6.55. The number of nitrogens with one attached hydrogen (secondary N) is 1. The summed E-state index contributed by atoms with van der Waals surface area (Å²) in [6.45, 7) is 8.68. The molecule has 3 nitrogen and oxygen atoms in total. The third-order valence-electron chi connectivity index (χ3n) is 4.69. The molecule has 3 unspecified atom stereocenters. The first-order valence-electron chi connectivity index (χ1n) is 6.93. The van der Waals surface area contributed by atoms with Gasteiger partial charge in [0.2, 0.25) is 0 Å². The second kappa shape index (κ2) is 4.87. The summed E-state index contributed by atoms with van der Waals surface area (Å²) in [6, 6.07) is 0. The van der Waals surface area contributed by atoms with Gasteiger partial charge in [-0.05, 0) is 32.1 Å². The molecule has 1 saturated carbocycles. The molecule has 2 aliphatic rings. The Kier molecular flexibility index (Phi) is 3.81. The van der Waals surface area contributed by atoms with Crippen LogP contribution in [-0.2, 0) is 9.47 Å². The first kappa shape index (κ1) is 13.3. The summed E-state index contributed by atoms with van der Waals surface area (Å²) < 4.78 is 12.1. The average molecular weight is 241 g/mol. The molecule has 2 rings (SSSR count). The lowest BCUT2D eigenvalue weighted by Gasteiger charge is -2.52. The van der Waals surface area contributed by atoms with Crippen molar-refractivity contribution in [2.45, 2.75) is 63.8 Å². The summed E-state index contributed by atoms with van der Waals surface area (Å²) in [6.07, 6.45) is 4.98. The maximum Gasteiger partial charge on any atom is 0.0839 e. The molecule has 2 fully saturated rings. The number of hydrogen-bond acceptors (Lipinski definition) is 3. The Labute approximate surface area is 105 Å². The van der Waals surface area contributed by atoms with Gasteiger partial charge >= 0.3 is 0 Å². The molecule has 0 amide bonds. The summed E-state index contributed by atoms with van der Waals surface area (Å²) >= 11 is 0. The van der Waals surface area contributed by atoms with Crippen LogP contribution >= 0.6 is 0 Å². The fourth-order valence-electron chi connectivity index (χ4n) is 3.15. The minimum absolute atomic E-state index is 0.0101. The minimum atomic E-state index is -0.0338. The van der Waals surface area contributed by atoms with E-state index in [0.717, 1.165) is 19.5 Å². The van der Waals surface area contributed by atoms with E-state index in [1.165, 1.54) is 19.3 Å². The zero-order chi connectivity index (χ0) is 12.5. The van der Waals surface area contributed by atoms with Gasteiger partial charge in [0.1, 0.15) is 0 Å². The van der Waals surface area contributed by atoms with Crippen LogP contribution in [0.1, 0.15) is 46.5 Å². The molecule has 1 spiro atoms. The highest BCUT2D eigenvalue weighted by molar-refractivity contribution is 4.99. The zero-order valence-corrected chi connectivity index (χ0v) is 11.7. The third kappa shape index (κ3) is 2.67. The van der Waals surface area contributed by atoms with E-state index in [4.69, 9.17) is 9.47 Å². The third-order valence-corrected chi connectivity index (χ3v) is 4.69. The predicted octanol–water partition coefficient (Wildman–Crippen LogP) is 2.35. The molecule has 100 valence electrons. The second-order valence-corrected chi connectivity index (χ2v) is 6.31. The van der Waals surface area contributed by atoms with E-state index in [9.17, 15) is 0 Å². The van der Waals surface area contributed by atoms with E-state index in [2.05, 4.69) is 26.1 Å². The number of methoxy groups -OCH3 is 1. The van der Waals surface area contributed by atoms with Crippen LogP contribution in [0, 0.1) is 5.92 Å². The van der Waals surface area contributed by atoms with E-state index in [-0.39, 0.29) is 11.2 Å². The standard InChI is InChI=1S/C14H27NO2/c1-11(2)13(3)9-15-10-14(17-13)7-5-6-12(8-14)16-4/h11-12,15H,5-10H2,1-4H3. The fourth-order valence-corrected chi connectivity index (χ4v) is 3.15. The molecule has 0 aromatic heterocycles. The molecule has 1 aliphatic heterocycles. The van der Waals surface area contributed by atoms with E-state index >= 15 is 0 Å². The number of ether oxygens (including phenoxy) is 2. The van der Waals surface area contributed by atoms with E-state index in [1.54, 1.807) is 0 Å². The lowest BCUT2D eigenvalue weighted by Crippen LogP contribution is -2.62. The van der Waals surface area contributed by atoms with Crippen molar-refractivity contribution < 1.29 is 9.47 Å². The van der Waals surface area contributed by atoms with Crippen molar-refractivity contribution in [2.24, 2.45) is 5.92 Å². The van der Waals surface area contributed by atoms with Gasteiger partial charge < -0.3 is 14.8 Å². The van der Waals surface area contributed by atoms with E-state index in [0.29, 0.717) is 12.0 Å². The maximum absolute atomic E-state index is 6.55. The highest BCUT2D eigenvalue weighted by Crippen LogP contribution is 2.40. The summed E-state index contributed by atoms with van der Waals surface area (Å²) in [7, 11) is 1.82. The van der Waals surface area contributed by atoms with Crippen molar-refractivity contribution in [1.29, 1.82) is 0 Å². The van der Waals surface area contributed by atoms with Gasteiger partial charge in [-0.3, -0.25) is 0 Å². The monoisotopic (exact) mass is 241 g/mol. The van der Waals surface area contributed by atoms with Gasteiger partial charge in [-0.25, -0.2) is 0 Å². The van der Waals surface area contributed by atoms with Gasteiger partial charge in [-0.2, -0.15) is 0 Å². The Morgan fingerprint density at radius 1 is 1.35 bits per heavy atom. The minimum Gasteiger partial charge on any atom is -0.381 e. The summed E-state index contributed by atoms with van der Waals surface area (Å²) in [5.41, 5.74) is -0.0237. The van der Waals surface area contributed by atoms with Crippen LogP contribution in [-0.4, -0.2) is 37.5 Å². The van der Waals surface area contributed by atoms with Gasteiger partial charge in [0.05, 0.1) is 17.3 Å². The molecule has 1 saturated heterocycles. The van der Waals surface area contributed by atoms with Crippen molar-refractivity contribution in [2.75, 3.05) is 20.2 Å². The van der Waals surface area contributed by atoms with Gasteiger partial charge in [0.15, 0.2) is 0 Å². The van der Waals surface area contributed by atoms with E-state index in [1.807, 2.05) is 7.11 Å². The molecule has 0 radical (unpaired) electrons. The molecule has 3 heteroatoms. The lowest BCUT2D eigenvalue weighted by molar-refractivity contribution is -0.212. The van der Waals surface area contributed by atoms with Crippen molar-refractivity contribution >= 4 is 0 Å². The summed E-state index contributed by atoms with van der Waals surface area (Å²) in [5.74, 6) is 0.537. The molecule has 1 heterocycles. The first-order chi connectivity index (χ1) is 8.00. The second-order valence-electron chi connectivity index (χ2n) is 6.31. The van der Waals surface area contributed by atoms with Crippen LogP contribution in [0.15, 0.2) is 0 Å². The quantitative estimate of drug-likeness (QED) is 0.805. The topological polar surface area (TPSA) is 30.5 Å².